The maximum atomic E-state index is 10.3. The fraction of sp³-hybridized carbons (Fsp3) is 0.810. The first-order valence-electron chi connectivity index (χ1n) is 10.4. The summed E-state index contributed by atoms with van der Waals surface area (Å²) in [7, 11) is 0. The molecule has 3 aliphatic rings. The van der Waals surface area contributed by atoms with E-state index in [0.717, 1.165) is 38.5 Å². The summed E-state index contributed by atoms with van der Waals surface area (Å²) in [6, 6.07) is 0. The Labute approximate surface area is 162 Å². The SMILES string of the molecule is CC1=C(CN2CC3CN(Cc4noc(C)n4)CC3(CO)C2)C(C)(C)CCC1. The van der Waals surface area contributed by atoms with E-state index in [9.17, 15) is 5.11 Å². The predicted octanol–water partition coefficient (Wildman–Crippen LogP) is 2.63. The number of aryl methyl sites for hydroxylation is 1. The highest BCUT2D eigenvalue weighted by Crippen LogP contribution is 2.45. The molecule has 1 aromatic rings. The van der Waals surface area contributed by atoms with Crippen LogP contribution in [0.4, 0.5) is 0 Å². The Morgan fingerprint density at radius 2 is 1.85 bits per heavy atom. The molecule has 0 spiro atoms. The van der Waals surface area contributed by atoms with Gasteiger partial charge in [0.1, 0.15) is 0 Å². The summed E-state index contributed by atoms with van der Waals surface area (Å²) in [5, 5.41) is 14.3. The van der Waals surface area contributed by atoms with Gasteiger partial charge in [0.15, 0.2) is 5.82 Å². The topological polar surface area (TPSA) is 65.6 Å². The van der Waals surface area contributed by atoms with E-state index in [0.29, 0.717) is 23.8 Å². The molecule has 1 aliphatic carbocycles. The van der Waals surface area contributed by atoms with Crippen molar-refractivity contribution in [3.05, 3.63) is 22.9 Å². The smallest absolute Gasteiger partial charge is 0.223 e. The Morgan fingerprint density at radius 1 is 1.15 bits per heavy atom. The number of likely N-dealkylation sites (tertiary alicyclic amines) is 2. The molecule has 2 saturated heterocycles. The second kappa shape index (κ2) is 6.98. The molecular formula is C21H34N4O2. The van der Waals surface area contributed by atoms with E-state index in [1.807, 2.05) is 6.92 Å². The zero-order chi connectivity index (χ0) is 19.2. The van der Waals surface area contributed by atoms with Crippen LogP contribution in [0, 0.1) is 23.7 Å². The van der Waals surface area contributed by atoms with Gasteiger partial charge in [-0.05, 0) is 37.5 Å². The first kappa shape index (κ1) is 19.1. The van der Waals surface area contributed by atoms with Crippen LogP contribution in [0.2, 0.25) is 0 Å². The molecule has 0 bridgehead atoms. The van der Waals surface area contributed by atoms with Gasteiger partial charge in [0, 0.05) is 45.1 Å². The van der Waals surface area contributed by atoms with Crippen molar-refractivity contribution in [1.29, 1.82) is 0 Å². The summed E-state index contributed by atoms with van der Waals surface area (Å²) >= 11 is 0. The maximum Gasteiger partial charge on any atom is 0.223 e. The van der Waals surface area contributed by atoms with Crippen molar-refractivity contribution in [2.24, 2.45) is 16.7 Å². The molecule has 2 aliphatic heterocycles. The number of aromatic nitrogens is 2. The molecule has 1 aromatic heterocycles. The Kier molecular flexibility index (Phi) is 4.93. The second-order valence-corrected chi connectivity index (χ2v) is 9.78. The number of nitrogens with zero attached hydrogens (tertiary/aromatic N) is 4. The minimum absolute atomic E-state index is 0.00788. The van der Waals surface area contributed by atoms with Crippen molar-refractivity contribution in [3.8, 4) is 0 Å². The van der Waals surface area contributed by atoms with Gasteiger partial charge >= 0.3 is 0 Å². The van der Waals surface area contributed by atoms with E-state index in [2.05, 4.69) is 40.7 Å². The number of aliphatic hydroxyl groups excluding tert-OH is 1. The lowest BCUT2D eigenvalue weighted by atomic mass is 9.72. The van der Waals surface area contributed by atoms with Gasteiger partial charge in [0.25, 0.3) is 0 Å². The molecule has 2 unspecified atom stereocenters. The number of fused-ring (bicyclic) bond motifs is 1. The zero-order valence-electron chi connectivity index (χ0n) is 17.3. The molecule has 1 N–H and O–H groups in total. The van der Waals surface area contributed by atoms with Gasteiger partial charge in [-0.1, -0.05) is 30.2 Å². The first-order chi connectivity index (χ1) is 12.8. The molecule has 2 atom stereocenters. The fourth-order valence-electron chi connectivity index (χ4n) is 5.72. The minimum atomic E-state index is -0.00788. The van der Waals surface area contributed by atoms with Crippen LogP contribution in [0.25, 0.3) is 0 Å². The molecule has 0 saturated carbocycles. The van der Waals surface area contributed by atoms with Crippen LogP contribution < -0.4 is 0 Å². The average molecular weight is 375 g/mol. The summed E-state index contributed by atoms with van der Waals surface area (Å²) in [6.45, 7) is 15.0. The van der Waals surface area contributed by atoms with Crippen molar-refractivity contribution in [1.82, 2.24) is 19.9 Å². The molecule has 0 radical (unpaired) electrons. The summed E-state index contributed by atoms with van der Waals surface area (Å²) in [4.78, 5) is 9.32. The van der Waals surface area contributed by atoms with Crippen LogP contribution in [0.5, 0.6) is 0 Å². The van der Waals surface area contributed by atoms with Gasteiger partial charge in [-0.2, -0.15) is 4.98 Å². The van der Waals surface area contributed by atoms with Crippen molar-refractivity contribution >= 4 is 0 Å². The first-order valence-corrected chi connectivity index (χ1v) is 10.4. The number of hydrogen-bond acceptors (Lipinski definition) is 6. The van der Waals surface area contributed by atoms with Gasteiger partial charge in [-0.25, -0.2) is 0 Å². The summed E-state index contributed by atoms with van der Waals surface area (Å²) < 4.78 is 5.10. The van der Waals surface area contributed by atoms with E-state index in [-0.39, 0.29) is 12.0 Å². The predicted molar refractivity (Wildman–Crippen MR) is 104 cm³/mol. The van der Waals surface area contributed by atoms with Gasteiger partial charge in [0.05, 0.1) is 13.2 Å². The van der Waals surface area contributed by atoms with Crippen molar-refractivity contribution < 1.29 is 9.63 Å². The second-order valence-electron chi connectivity index (χ2n) is 9.78. The molecule has 150 valence electrons. The number of rotatable bonds is 5. The lowest BCUT2D eigenvalue weighted by molar-refractivity contribution is 0.111. The molecule has 2 fully saturated rings. The van der Waals surface area contributed by atoms with E-state index in [4.69, 9.17) is 4.52 Å². The van der Waals surface area contributed by atoms with Gasteiger partial charge < -0.3 is 9.63 Å². The highest BCUT2D eigenvalue weighted by atomic mass is 16.5. The van der Waals surface area contributed by atoms with Crippen LogP contribution in [0.3, 0.4) is 0 Å². The standard InChI is InChI=1S/C21H34N4O2/c1-15-6-5-7-20(3,4)18(15)10-24-8-17-9-25(13-21(17,12-24)14-26)11-19-22-16(2)27-23-19/h17,26H,5-14H2,1-4H3. The Bertz CT molecular complexity index is 726. The molecule has 6 nitrogen and oxygen atoms in total. The van der Waals surface area contributed by atoms with Crippen LogP contribution in [0.1, 0.15) is 51.7 Å². The van der Waals surface area contributed by atoms with Crippen LogP contribution >= 0.6 is 0 Å². The zero-order valence-corrected chi connectivity index (χ0v) is 17.3. The lowest BCUT2D eigenvalue weighted by Crippen LogP contribution is -2.38. The average Bonchev–Trinajstić information content (AvgIpc) is 3.23. The minimum Gasteiger partial charge on any atom is -0.396 e. The quantitative estimate of drug-likeness (QED) is 0.800. The molecule has 6 heteroatoms. The van der Waals surface area contributed by atoms with Crippen molar-refractivity contribution in [3.63, 3.8) is 0 Å². The van der Waals surface area contributed by atoms with Gasteiger partial charge in [-0.15, -0.1) is 0 Å². The van der Waals surface area contributed by atoms with Crippen LogP contribution in [-0.2, 0) is 6.54 Å². The molecule has 3 heterocycles. The third kappa shape index (κ3) is 3.59. The van der Waals surface area contributed by atoms with E-state index in [1.54, 1.807) is 11.1 Å². The maximum absolute atomic E-state index is 10.3. The Morgan fingerprint density at radius 3 is 2.41 bits per heavy atom. The normalized spacial score (nSPS) is 31.7. The molecule has 0 amide bonds. The fourth-order valence-corrected chi connectivity index (χ4v) is 5.72. The number of hydrogen-bond donors (Lipinski definition) is 1. The van der Waals surface area contributed by atoms with E-state index < -0.39 is 0 Å². The molecule has 0 aromatic carbocycles. The van der Waals surface area contributed by atoms with Crippen LogP contribution in [0.15, 0.2) is 15.7 Å². The van der Waals surface area contributed by atoms with Crippen LogP contribution in [-0.4, -0.2) is 64.4 Å². The summed E-state index contributed by atoms with van der Waals surface area (Å²) in [5.74, 6) is 1.89. The summed E-state index contributed by atoms with van der Waals surface area (Å²) in [5.41, 5.74) is 3.54. The largest absolute Gasteiger partial charge is 0.396 e. The summed E-state index contributed by atoms with van der Waals surface area (Å²) in [6.07, 6.45) is 3.86. The third-order valence-electron chi connectivity index (χ3n) is 7.22. The Hall–Kier alpha value is -1.24. The molecule has 27 heavy (non-hydrogen) atoms. The Balaban J connectivity index is 1.42. The third-order valence-corrected chi connectivity index (χ3v) is 7.22. The van der Waals surface area contributed by atoms with Gasteiger partial charge in [-0.3, -0.25) is 9.80 Å². The van der Waals surface area contributed by atoms with Gasteiger partial charge in [0.2, 0.25) is 5.89 Å². The highest BCUT2D eigenvalue weighted by Gasteiger charge is 2.52. The highest BCUT2D eigenvalue weighted by molar-refractivity contribution is 5.24. The monoisotopic (exact) mass is 374 g/mol. The van der Waals surface area contributed by atoms with E-state index >= 15 is 0 Å². The van der Waals surface area contributed by atoms with E-state index in [1.165, 1.54) is 19.3 Å². The van der Waals surface area contributed by atoms with Crippen molar-refractivity contribution in [2.45, 2.75) is 53.5 Å². The number of allylic oxidation sites excluding steroid dienone is 1. The lowest BCUT2D eigenvalue weighted by Gasteiger charge is -2.37. The number of aliphatic hydroxyl groups is 1. The van der Waals surface area contributed by atoms with Crippen molar-refractivity contribution in [2.75, 3.05) is 39.3 Å². The molecule has 4 rings (SSSR count). The molecular weight excluding hydrogens is 340 g/mol.